The highest BCUT2D eigenvalue weighted by Gasteiger charge is 2.52. The average Bonchev–Trinajstić information content (AvgIpc) is 2.70. The maximum absolute atomic E-state index is 13.3. The third kappa shape index (κ3) is 4.36. The lowest BCUT2D eigenvalue weighted by Crippen LogP contribution is -2.62. The van der Waals surface area contributed by atoms with Gasteiger partial charge in [0.2, 0.25) is 11.8 Å². The minimum Gasteiger partial charge on any atom is -0.760 e. The monoisotopic (exact) mass is 448 g/mol. The standard InChI is InChI=1S/C22H31N3O5S/c1-23-20(27)22(25-31(28)29,17-3-5-18(30-2)6-4-17)13-19(26)24-21-10-14-7-15(11-21)9-16(8-14)12-21/h3-6,14-16,25H,7-13H2,1-2H3,(H,23,27)(H,24,26)(H,28,29)/p-1. The first-order valence-corrected chi connectivity index (χ1v) is 11.9. The van der Waals surface area contributed by atoms with Crippen LogP contribution in [-0.4, -0.2) is 40.3 Å². The Bertz CT molecular complexity index is 839. The van der Waals surface area contributed by atoms with E-state index in [9.17, 15) is 18.4 Å². The van der Waals surface area contributed by atoms with E-state index in [4.69, 9.17) is 4.74 Å². The number of benzene rings is 1. The maximum Gasteiger partial charge on any atom is 0.246 e. The van der Waals surface area contributed by atoms with Crippen LogP contribution in [0.15, 0.2) is 24.3 Å². The predicted octanol–water partition coefficient (Wildman–Crippen LogP) is 1.50. The molecule has 170 valence electrons. The molecule has 4 bridgehead atoms. The number of hydrogen-bond acceptors (Lipinski definition) is 5. The van der Waals surface area contributed by atoms with Gasteiger partial charge in [-0.1, -0.05) is 12.1 Å². The van der Waals surface area contributed by atoms with Crippen molar-refractivity contribution >= 4 is 23.1 Å². The van der Waals surface area contributed by atoms with Crippen molar-refractivity contribution in [1.29, 1.82) is 0 Å². The highest BCUT2D eigenvalue weighted by molar-refractivity contribution is 7.77. The van der Waals surface area contributed by atoms with E-state index in [1.54, 1.807) is 24.3 Å². The van der Waals surface area contributed by atoms with Gasteiger partial charge in [0, 0.05) is 23.9 Å². The normalized spacial score (nSPS) is 31.5. The van der Waals surface area contributed by atoms with Gasteiger partial charge in [0.05, 0.1) is 13.5 Å². The van der Waals surface area contributed by atoms with Gasteiger partial charge >= 0.3 is 0 Å². The molecule has 1 aromatic rings. The van der Waals surface area contributed by atoms with E-state index >= 15 is 0 Å². The Hall–Kier alpha value is -1.97. The van der Waals surface area contributed by atoms with E-state index in [2.05, 4.69) is 15.4 Å². The first-order chi connectivity index (χ1) is 14.8. The fourth-order valence-corrected chi connectivity index (χ4v) is 7.10. The molecular formula is C22H30N3O5S-. The first kappa shape index (κ1) is 22.2. The largest absolute Gasteiger partial charge is 0.760 e. The molecule has 2 atom stereocenters. The second kappa shape index (κ2) is 8.52. The minimum atomic E-state index is -2.77. The zero-order valence-electron chi connectivity index (χ0n) is 17.9. The third-order valence-corrected chi connectivity index (χ3v) is 7.84. The maximum atomic E-state index is 13.3. The van der Waals surface area contributed by atoms with Gasteiger partial charge in [-0.2, -0.15) is 0 Å². The zero-order chi connectivity index (χ0) is 22.2. The van der Waals surface area contributed by atoms with Crippen molar-refractivity contribution < 1.29 is 23.1 Å². The van der Waals surface area contributed by atoms with Crippen LogP contribution in [0.3, 0.4) is 0 Å². The van der Waals surface area contributed by atoms with Crippen molar-refractivity contribution in [2.75, 3.05) is 14.2 Å². The van der Waals surface area contributed by atoms with Gasteiger partial charge in [-0.3, -0.25) is 13.8 Å². The minimum absolute atomic E-state index is 0.225. The lowest BCUT2D eigenvalue weighted by atomic mass is 9.53. The average molecular weight is 449 g/mol. The molecule has 0 radical (unpaired) electrons. The van der Waals surface area contributed by atoms with Crippen molar-refractivity contribution in [2.24, 2.45) is 17.8 Å². The molecule has 31 heavy (non-hydrogen) atoms. The molecule has 0 aromatic heterocycles. The molecular weight excluding hydrogens is 418 g/mol. The van der Waals surface area contributed by atoms with Gasteiger partial charge in [0.25, 0.3) is 0 Å². The Morgan fingerprint density at radius 3 is 2.13 bits per heavy atom. The molecule has 0 heterocycles. The van der Waals surface area contributed by atoms with E-state index in [0.717, 1.165) is 19.3 Å². The summed E-state index contributed by atoms with van der Waals surface area (Å²) in [6.07, 6.45) is 6.35. The Kier molecular flexibility index (Phi) is 6.11. The van der Waals surface area contributed by atoms with Gasteiger partial charge in [-0.05, 0) is 74.0 Å². The number of methoxy groups -OCH3 is 1. The number of hydrogen-bond donors (Lipinski definition) is 3. The van der Waals surface area contributed by atoms with Crippen LogP contribution in [0, 0.1) is 17.8 Å². The molecule has 9 heteroatoms. The summed E-state index contributed by atoms with van der Waals surface area (Å²) in [6, 6.07) is 6.48. The van der Waals surface area contributed by atoms with Crippen LogP contribution < -0.4 is 20.1 Å². The molecule has 5 rings (SSSR count). The summed E-state index contributed by atoms with van der Waals surface area (Å²) in [4.78, 5) is 26.3. The number of ether oxygens (including phenoxy) is 1. The van der Waals surface area contributed by atoms with E-state index in [1.807, 2.05) is 0 Å². The number of rotatable bonds is 8. The first-order valence-electron chi connectivity index (χ1n) is 10.8. The van der Waals surface area contributed by atoms with Crippen molar-refractivity contribution in [3.05, 3.63) is 29.8 Å². The second-order valence-corrected chi connectivity index (χ2v) is 10.1. The van der Waals surface area contributed by atoms with Gasteiger partial charge in [-0.25, -0.2) is 4.72 Å². The van der Waals surface area contributed by atoms with E-state index in [0.29, 0.717) is 29.1 Å². The summed E-state index contributed by atoms with van der Waals surface area (Å²) in [5, 5.41) is 5.76. The summed E-state index contributed by atoms with van der Waals surface area (Å²) in [7, 11) is 2.94. The topological polar surface area (TPSA) is 120 Å². The number of amides is 2. The number of carbonyl (C=O) groups excluding carboxylic acids is 2. The van der Waals surface area contributed by atoms with Crippen molar-refractivity contribution in [3.63, 3.8) is 0 Å². The molecule has 4 aliphatic carbocycles. The second-order valence-electron chi connectivity index (χ2n) is 9.47. The summed E-state index contributed by atoms with van der Waals surface area (Å²) in [5.74, 6) is 1.62. The van der Waals surface area contributed by atoms with Crippen molar-refractivity contribution in [2.45, 2.75) is 56.0 Å². The quantitative estimate of drug-likeness (QED) is 0.521. The highest BCUT2D eigenvalue weighted by atomic mass is 32.2. The van der Waals surface area contributed by atoms with Gasteiger partial charge < -0.3 is 19.9 Å². The number of nitrogens with one attached hydrogen (secondary N) is 3. The third-order valence-electron chi connectivity index (χ3n) is 7.32. The molecule has 4 fully saturated rings. The molecule has 1 aromatic carbocycles. The SMILES string of the molecule is CNC(=O)C(CC(=O)NC12CC3CC(CC(C3)C1)C2)(NS(=O)[O-])c1ccc(OC)cc1. The van der Waals surface area contributed by atoms with E-state index < -0.39 is 22.7 Å². The molecule has 0 spiro atoms. The molecule has 4 saturated carbocycles. The van der Waals surface area contributed by atoms with Gasteiger partial charge in [0.1, 0.15) is 11.3 Å². The van der Waals surface area contributed by atoms with Crippen LogP contribution >= 0.6 is 0 Å². The summed E-state index contributed by atoms with van der Waals surface area (Å²) in [6.45, 7) is 0. The van der Waals surface area contributed by atoms with Crippen molar-refractivity contribution in [1.82, 2.24) is 15.4 Å². The smallest absolute Gasteiger partial charge is 0.246 e. The van der Waals surface area contributed by atoms with Gasteiger partial charge in [0.15, 0.2) is 0 Å². The highest BCUT2D eigenvalue weighted by Crippen LogP contribution is 2.55. The lowest BCUT2D eigenvalue weighted by Gasteiger charge is -2.57. The lowest BCUT2D eigenvalue weighted by molar-refractivity contribution is -0.135. The fraction of sp³-hybridized carbons (Fsp3) is 0.636. The van der Waals surface area contributed by atoms with E-state index in [1.165, 1.54) is 33.4 Å². The van der Waals surface area contributed by atoms with E-state index in [-0.39, 0.29) is 17.9 Å². The number of carbonyl (C=O) groups is 2. The molecule has 2 unspecified atom stereocenters. The Balaban J connectivity index is 1.61. The molecule has 3 N–H and O–H groups in total. The summed E-state index contributed by atoms with van der Waals surface area (Å²) < 4.78 is 30.9. The summed E-state index contributed by atoms with van der Waals surface area (Å²) >= 11 is -2.77. The van der Waals surface area contributed by atoms with Crippen LogP contribution in [0.25, 0.3) is 0 Å². The molecule has 4 aliphatic rings. The van der Waals surface area contributed by atoms with Crippen LogP contribution in [0.4, 0.5) is 0 Å². The predicted molar refractivity (Wildman–Crippen MR) is 114 cm³/mol. The molecule has 8 nitrogen and oxygen atoms in total. The number of likely N-dealkylation sites (N-methyl/N-ethyl adjacent to an activating group) is 1. The fourth-order valence-electron chi connectivity index (χ4n) is 6.53. The van der Waals surface area contributed by atoms with Crippen LogP contribution in [-0.2, 0) is 26.4 Å². The Labute approximate surface area is 185 Å². The Morgan fingerprint density at radius 1 is 1.13 bits per heavy atom. The molecule has 0 saturated heterocycles. The summed E-state index contributed by atoms with van der Waals surface area (Å²) in [5.41, 5.74) is -1.60. The Morgan fingerprint density at radius 2 is 1.68 bits per heavy atom. The zero-order valence-corrected chi connectivity index (χ0v) is 18.8. The van der Waals surface area contributed by atoms with Crippen molar-refractivity contribution in [3.8, 4) is 5.75 Å². The molecule has 0 aliphatic heterocycles. The van der Waals surface area contributed by atoms with Crippen LogP contribution in [0.2, 0.25) is 0 Å². The van der Waals surface area contributed by atoms with Crippen LogP contribution in [0.1, 0.15) is 50.5 Å². The van der Waals surface area contributed by atoms with Gasteiger partial charge in [-0.15, -0.1) is 0 Å². The van der Waals surface area contributed by atoms with Crippen LogP contribution in [0.5, 0.6) is 5.75 Å². The molecule has 2 amide bonds.